The minimum Gasteiger partial charge on any atom is -0.326 e. The highest BCUT2D eigenvalue weighted by atomic mass is 32.2. The zero-order valence-electron chi connectivity index (χ0n) is 14.8. The molecule has 134 valence electrons. The summed E-state index contributed by atoms with van der Waals surface area (Å²) in [6.07, 6.45) is 2.01. The molecule has 0 spiro atoms. The van der Waals surface area contributed by atoms with Crippen molar-refractivity contribution in [2.24, 2.45) is 7.05 Å². The van der Waals surface area contributed by atoms with Crippen molar-refractivity contribution in [2.45, 2.75) is 16.5 Å². The Hall–Kier alpha value is -3.12. The van der Waals surface area contributed by atoms with Crippen LogP contribution in [0.15, 0.2) is 83.1 Å². The molecule has 1 N–H and O–H groups in total. The Bertz CT molecular complexity index is 1080. The van der Waals surface area contributed by atoms with Gasteiger partial charge in [-0.25, -0.2) is 0 Å². The molecule has 0 aliphatic rings. The first-order valence-electron chi connectivity index (χ1n) is 8.57. The van der Waals surface area contributed by atoms with Gasteiger partial charge in [-0.1, -0.05) is 42.5 Å². The summed E-state index contributed by atoms with van der Waals surface area (Å²) in [5, 5.41) is 14.0. The lowest BCUT2D eigenvalue weighted by molar-refractivity contribution is -0.115. The number of aryl methyl sites for hydroxylation is 1. The van der Waals surface area contributed by atoms with Crippen LogP contribution in [0.25, 0.3) is 10.8 Å². The number of hydrogen-bond donors (Lipinski definition) is 1. The Kier molecular flexibility index (Phi) is 4.89. The third-order valence-electron chi connectivity index (χ3n) is 4.25. The average Bonchev–Trinajstić information content (AvgIpc) is 3.08. The van der Waals surface area contributed by atoms with Gasteiger partial charge in [0.15, 0.2) is 5.16 Å². The Balaban J connectivity index is 1.43. The van der Waals surface area contributed by atoms with Crippen molar-refractivity contribution in [1.29, 1.82) is 0 Å². The van der Waals surface area contributed by atoms with Crippen molar-refractivity contribution in [3.8, 4) is 0 Å². The molecule has 0 bridgehead atoms. The highest BCUT2D eigenvalue weighted by Gasteiger charge is 2.08. The topological polar surface area (TPSA) is 59.8 Å². The average molecular weight is 374 g/mol. The van der Waals surface area contributed by atoms with E-state index in [9.17, 15) is 4.79 Å². The molecular weight excluding hydrogens is 356 g/mol. The molecule has 0 fully saturated rings. The SMILES string of the molecule is Cn1cnnc1Sc1ccc(NC(=O)Cc2cccc3ccccc23)cc1. The Morgan fingerprint density at radius 1 is 1.04 bits per heavy atom. The predicted octanol–water partition coefficient (Wildman–Crippen LogP) is 4.30. The number of hydrogen-bond acceptors (Lipinski definition) is 4. The summed E-state index contributed by atoms with van der Waals surface area (Å²) in [5.41, 5.74) is 1.81. The van der Waals surface area contributed by atoms with Crippen molar-refractivity contribution < 1.29 is 4.79 Å². The first-order chi connectivity index (χ1) is 13.2. The summed E-state index contributed by atoms with van der Waals surface area (Å²) < 4.78 is 1.87. The van der Waals surface area contributed by atoms with E-state index in [0.29, 0.717) is 6.42 Å². The fourth-order valence-corrected chi connectivity index (χ4v) is 3.66. The smallest absolute Gasteiger partial charge is 0.228 e. The van der Waals surface area contributed by atoms with Crippen LogP contribution in [-0.2, 0) is 18.3 Å². The van der Waals surface area contributed by atoms with Crippen molar-refractivity contribution in [1.82, 2.24) is 14.8 Å². The van der Waals surface area contributed by atoms with Gasteiger partial charge in [0.1, 0.15) is 6.33 Å². The molecule has 0 saturated heterocycles. The number of nitrogens with one attached hydrogen (secondary N) is 1. The van der Waals surface area contributed by atoms with E-state index in [1.807, 2.05) is 60.1 Å². The highest BCUT2D eigenvalue weighted by molar-refractivity contribution is 7.99. The maximum Gasteiger partial charge on any atom is 0.228 e. The Labute approximate surface area is 161 Å². The van der Waals surface area contributed by atoms with E-state index in [4.69, 9.17) is 0 Å². The first kappa shape index (κ1) is 17.3. The van der Waals surface area contributed by atoms with Gasteiger partial charge in [0.2, 0.25) is 5.91 Å². The first-order valence-corrected chi connectivity index (χ1v) is 9.39. The molecule has 0 atom stereocenters. The molecule has 4 aromatic rings. The maximum atomic E-state index is 12.5. The van der Waals surface area contributed by atoms with Crippen LogP contribution < -0.4 is 5.32 Å². The minimum atomic E-state index is -0.0277. The maximum absolute atomic E-state index is 12.5. The van der Waals surface area contributed by atoms with E-state index in [0.717, 1.165) is 32.1 Å². The molecule has 5 nitrogen and oxygen atoms in total. The van der Waals surface area contributed by atoms with E-state index in [1.165, 1.54) is 11.8 Å². The third kappa shape index (κ3) is 4.01. The van der Waals surface area contributed by atoms with Gasteiger partial charge in [0, 0.05) is 17.6 Å². The van der Waals surface area contributed by atoms with Crippen molar-refractivity contribution >= 4 is 34.1 Å². The molecule has 0 unspecified atom stereocenters. The molecule has 4 rings (SSSR count). The summed E-state index contributed by atoms with van der Waals surface area (Å²) in [4.78, 5) is 13.5. The second-order valence-corrected chi connectivity index (χ2v) is 7.25. The summed E-state index contributed by atoms with van der Waals surface area (Å²) in [6.45, 7) is 0. The zero-order valence-corrected chi connectivity index (χ0v) is 15.6. The number of fused-ring (bicyclic) bond motifs is 1. The number of amides is 1. The summed E-state index contributed by atoms with van der Waals surface area (Å²) >= 11 is 1.53. The van der Waals surface area contributed by atoms with Crippen LogP contribution in [0.5, 0.6) is 0 Å². The number of carbonyl (C=O) groups excluding carboxylic acids is 1. The normalized spacial score (nSPS) is 10.9. The van der Waals surface area contributed by atoms with Gasteiger partial charge in [0.25, 0.3) is 0 Å². The quantitative estimate of drug-likeness (QED) is 0.566. The Morgan fingerprint density at radius 2 is 1.81 bits per heavy atom. The van der Waals surface area contributed by atoms with E-state index in [-0.39, 0.29) is 5.91 Å². The van der Waals surface area contributed by atoms with Crippen LogP contribution in [0.4, 0.5) is 5.69 Å². The van der Waals surface area contributed by atoms with Gasteiger partial charge in [-0.3, -0.25) is 4.79 Å². The monoisotopic (exact) mass is 374 g/mol. The third-order valence-corrected chi connectivity index (χ3v) is 5.31. The number of nitrogens with zero attached hydrogens (tertiary/aromatic N) is 3. The van der Waals surface area contributed by atoms with Gasteiger partial charge in [-0.15, -0.1) is 10.2 Å². The summed E-state index contributed by atoms with van der Waals surface area (Å²) in [7, 11) is 1.91. The van der Waals surface area contributed by atoms with Crippen LogP contribution in [0.1, 0.15) is 5.56 Å². The number of benzene rings is 3. The highest BCUT2D eigenvalue weighted by Crippen LogP contribution is 2.26. The standard InChI is InChI=1S/C21H18N4OS/c1-25-14-22-24-21(25)27-18-11-9-17(10-12-18)23-20(26)13-16-7-4-6-15-5-2-3-8-19(15)16/h2-12,14H,13H2,1H3,(H,23,26). The predicted molar refractivity (Wildman–Crippen MR) is 108 cm³/mol. The fourth-order valence-electron chi connectivity index (χ4n) is 2.90. The van der Waals surface area contributed by atoms with Crippen LogP contribution in [0.3, 0.4) is 0 Å². The van der Waals surface area contributed by atoms with Gasteiger partial charge < -0.3 is 9.88 Å². The van der Waals surface area contributed by atoms with E-state index in [1.54, 1.807) is 6.33 Å². The largest absolute Gasteiger partial charge is 0.326 e. The molecule has 6 heteroatoms. The van der Waals surface area contributed by atoms with Crippen molar-refractivity contribution in [3.05, 3.63) is 78.6 Å². The van der Waals surface area contributed by atoms with Gasteiger partial charge in [0.05, 0.1) is 6.42 Å². The second-order valence-electron chi connectivity index (χ2n) is 6.21. The Morgan fingerprint density at radius 3 is 2.59 bits per heavy atom. The van der Waals surface area contributed by atoms with Crippen LogP contribution in [0, 0.1) is 0 Å². The van der Waals surface area contributed by atoms with Crippen molar-refractivity contribution in [2.75, 3.05) is 5.32 Å². The molecular formula is C21H18N4OS. The lowest BCUT2D eigenvalue weighted by atomic mass is 10.0. The minimum absolute atomic E-state index is 0.0277. The summed E-state index contributed by atoms with van der Waals surface area (Å²) in [5.74, 6) is -0.0277. The van der Waals surface area contributed by atoms with Gasteiger partial charge in [-0.05, 0) is 52.4 Å². The number of carbonyl (C=O) groups is 1. The van der Waals surface area contributed by atoms with Crippen LogP contribution >= 0.6 is 11.8 Å². The van der Waals surface area contributed by atoms with Crippen LogP contribution in [-0.4, -0.2) is 20.7 Å². The summed E-state index contributed by atoms with van der Waals surface area (Å²) in [6, 6.07) is 21.9. The van der Waals surface area contributed by atoms with E-state index < -0.39 is 0 Å². The second kappa shape index (κ2) is 7.63. The van der Waals surface area contributed by atoms with E-state index in [2.05, 4.69) is 33.7 Å². The lowest BCUT2D eigenvalue weighted by Gasteiger charge is -2.08. The zero-order chi connectivity index (χ0) is 18.6. The fraction of sp³-hybridized carbons (Fsp3) is 0.0952. The molecule has 1 amide bonds. The molecule has 3 aromatic carbocycles. The number of anilines is 1. The van der Waals surface area contributed by atoms with Crippen LogP contribution in [0.2, 0.25) is 0 Å². The molecule has 1 aromatic heterocycles. The molecule has 1 heterocycles. The van der Waals surface area contributed by atoms with E-state index >= 15 is 0 Å². The molecule has 27 heavy (non-hydrogen) atoms. The molecule has 0 saturated carbocycles. The van der Waals surface area contributed by atoms with Crippen molar-refractivity contribution in [3.63, 3.8) is 0 Å². The molecule has 0 radical (unpaired) electrons. The lowest BCUT2D eigenvalue weighted by Crippen LogP contribution is -2.14. The van der Waals surface area contributed by atoms with Gasteiger partial charge in [-0.2, -0.15) is 0 Å². The number of aromatic nitrogens is 3. The molecule has 0 aliphatic carbocycles. The van der Waals surface area contributed by atoms with Gasteiger partial charge >= 0.3 is 0 Å². The molecule has 0 aliphatic heterocycles. The number of rotatable bonds is 5.